The van der Waals surface area contributed by atoms with E-state index in [0.29, 0.717) is 22.8 Å². The van der Waals surface area contributed by atoms with Crippen molar-refractivity contribution in [3.05, 3.63) is 81.3 Å². The molecule has 5 aromatic rings. The Hall–Kier alpha value is -6.20. The van der Waals surface area contributed by atoms with Gasteiger partial charge in [0.1, 0.15) is 18.6 Å². The number of benzene rings is 2. The van der Waals surface area contributed by atoms with Crippen LogP contribution >= 0.6 is 0 Å². The number of rotatable bonds is 7. The molecule has 2 aromatic carbocycles. The Labute approximate surface area is 293 Å². The second kappa shape index (κ2) is 13.2. The summed E-state index contributed by atoms with van der Waals surface area (Å²) in [6.45, 7) is 5.37. The molecule has 0 bridgehead atoms. The van der Waals surface area contributed by atoms with Gasteiger partial charge in [0.05, 0.1) is 17.0 Å². The number of nitrogens with zero attached hydrogens (tertiary/aromatic N) is 8. The van der Waals surface area contributed by atoms with Crippen LogP contribution in [0.3, 0.4) is 0 Å². The molecule has 0 unspecified atom stereocenters. The second-order valence-corrected chi connectivity index (χ2v) is 12.3. The van der Waals surface area contributed by atoms with E-state index < -0.39 is 29.1 Å². The predicted molar refractivity (Wildman–Crippen MR) is 180 cm³/mol. The maximum atomic E-state index is 14.3. The number of aryl methyl sites for hydroxylation is 2. The van der Waals surface area contributed by atoms with Crippen LogP contribution in [0.2, 0.25) is 0 Å². The van der Waals surface area contributed by atoms with Gasteiger partial charge in [-0.05, 0) is 62.2 Å². The van der Waals surface area contributed by atoms with Crippen LogP contribution in [0.4, 0.5) is 24.5 Å². The standard InChI is InChI=1S/C34H32F3N9O6/c1-4-23-28(43-9-11-44(12-10-43)31(49)27-29(48)19(3)38-16-39-27)32(50)46-33(41-30(42-46)20-5-8-24-25(14-20)52-17-51-24)45(23)15-26(47)40-22-7-6-21(13-18(22)2)34(35,36)37/h5-8,13-14,16,48H,4,9-12,15,17H2,1-3H3,(H,40,47). The minimum atomic E-state index is -4.54. The van der Waals surface area contributed by atoms with Crippen LogP contribution in [-0.2, 0) is 23.9 Å². The zero-order valence-corrected chi connectivity index (χ0v) is 28.2. The number of piperazine rings is 1. The van der Waals surface area contributed by atoms with E-state index >= 15 is 0 Å². The van der Waals surface area contributed by atoms with Crippen LogP contribution in [0.5, 0.6) is 17.2 Å². The van der Waals surface area contributed by atoms with Crippen LogP contribution in [0, 0.1) is 13.8 Å². The van der Waals surface area contributed by atoms with E-state index in [1.807, 2.05) is 11.8 Å². The van der Waals surface area contributed by atoms with Crippen LogP contribution in [0.15, 0.2) is 47.5 Å². The van der Waals surface area contributed by atoms with Gasteiger partial charge in [-0.15, -0.1) is 5.10 Å². The molecule has 2 aliphatic rings. The largest absolute Gasteiger partial charge is 0.504 e. The van der Waals surface area contributed by atoms with E-state index in [-0.39, 0.29) is 91.6 Å². The van der Waals surface area contributed by atoms with E-state index in [9.17, 15) is 32.7 Å². The molecule has 5 heterocycles. The minimum Gasteiger partial charge on any atom is -0.504 e. The van der Waals surface area contributed by atoms with Gasteiger partial charge in [-0.3, -0.25) is 14.4 Å². The number of nitrogens with one attached hydrogen (secondary N) is 1. The molecule has 1 fully saturated rings. The van der Waals surface area contributed by atoms with Gasteiger partial charge in [-0.25, -0.2) is 9.97 Å². The van der Waals surface area contributed by atoms with Crippen molar-refractivity contribution in [2.24, 2.45) is 0 Å². The van der Waals surface area contributed by atoms with Crippen LogP contribution in [-0.4, -0.2) is 83.9 Å². The van der Waals surface area contributed by atoms with Crippen molar-refractivity contribution < 1.29 is 37.3 Å². The van der Waals surface area contributed by atoms with Gasteiger partial charge in [-0.2, -0.15) is 22.7 Å². The van der Waals surface area contributed by atoms with Gasteiger partial charge in [0.15, 0.2) is 28.8 Å². The lowest BCUT2D eigenvalue weighted by Crippen LogP contribution is -2.51. The zero-order valence-electron chi connectivity index (χ0n) is 28.2. The van der Waals surface area contributed by atoms with Crippen LogP contribution < -0.4 is 25.2 Å². The van der Waals surface area contributed by atoms with Gasteiger partial charge in [-0.1, -0.05) is 6.92 Å². The first-order valence-electron chi connectivity index (χ1n) is 16.3. The van der Waals surface area contributed by atoms with Crippen molar-refractivity contribution in [3.63, 3.8) is 0 Å². The maximum absolute atomic E-state index is 14.3. The fourth-order valence-electron chi connectivity index (χ4n) is 6.31. The van der Waals surface area contributed by atoms with E-state index in [2.05, 4.69) is 25.4 Å². The van der Waals surface area contributed by atoms with Gasteiger partial charge in [0, 0.05) is 37.4 Å². The summed E-state index contributed by atoms with van der Waals surface area (Å²) in [6.07, 6.45) is -3.05. The second-order valence-electron chi connectivity index (χ2n) is 12.3. The average molecular weight is 720 g/mol. The topological polar surface area (TPSA) is 169 Å². The van der Waals surface area contributed by atoms with Gasteiger partial charge in [0.2, 0.25) is 18.5 Å². The maximum Gasteiger partial charge on any atom is 0.416 e. The van der Waals surface area contributed by atoms with Crippen molar-refractivity contribution >= 4 is 29.0 Å². The molecule has 3 aromatic heterocycles. The Morgan fingerprint density at radius 2 is 1.75 bits per heavy atom. The third-order valence-corrected chi connectivity index (χ3v) is 9.01. The number of fused-ring (bicyclic) bond motifs is 2. The molecule has 2 N–H and O–H groups in total. The first-order valence-corrected chi connectivity index (χ1v) is 16.3. The lowest BCUT2D eigenvalue weighted by atomic mass is 10.1. The molecule has 15 nitrogen and oxygen atoms in total. The Morgan fingerprint density at radius 1 is 1.00 bits per heavy atom. The number of aromatic nitrogens is 6. The number of hydrogen-bond acceptors (Lipinski definition) is 11. The molecule has 0 aliphatic carbocycles. The molecule has 1 saturated heterocycles. The van der Waals surface area contributed by atoms with Gasteiger partial charge < -0.3 is 34.3 Å². The summed E-state index contributed by atoms with van der Waals surface area (Å²) in [5.74, 6) is -0.0844. The number of carbonyl (C=O) groups is 2. The van der Waals surface area contributed by atoms with Crippen molar-refractivity contribution in [1.82, 2.24) is 34.0 Å². The van der Waals surface area contributed by atoms with Crippen molar-refractivity contribution in [1.29, 1.82) is 0 Å². The number of carbonyl (C=O) groups excluding carboxylic acids is 2. The number of aromatic hydroxyl groups is 1. The molecule has 0 spiro atoms. The number of hydrogen-bond donors (Lipinski definition) is 2. The molecule has 0 saturated carbocycles. The summed E-state index contributed by atoms with van der Waals surface area (Å²) < 4.78 is 53.4. The monoisotopic (exact) mass is 719 g/mol. The predicted octanol–water partition coefficient (Wildman–Crippen LogP) is 3.58. The highest BCUT2D eigenvalue weighted by Crippen LogP contribution is 2.36. The summed E-state index contributed by atoms with van der Waals surface area (Å²) in [7, 11) is 0. The van der Waals surface area contributed by atoms with Crippen molar-refractivity contribution in [3.8, 4) is 28.6 Å². The van der Waals surface area contributed by atoms with E-state index in [1.165, 1.54) is 24.2 Å². The van der Waals surface area contributed by atoms with E-state index in [0.717, 1.165) is 16.6 Å². The Kier molecular flexibility index (Phi) is 8.67. The molecule has 7 rings (SSSR count). The smallest absolute Gasteiger partial charge is 0.416 e. The molecule has 18 heteroatoms. The summed E-state index contributed by atoms with van der Waals surface area (Å²) in [5, 5.41) is 17.6. The summed E-state index contributed by atoms with van der Waals surface area (Å²) in [6, 6.07) is 8.13. The molecule has 52 heavy (non-hydrogen) atoms. The molecular formula is C34H32F3N9O6. The van der Waals surface area contributed by atoms with Crippen molar-refractivity contribution in [2.45, 2.75) is 39.9 Å². The Morgan fingerprint density at radius 3 is 2.46 bits per heavy atom. The Balaban J connectivity index is 1.25. The van der Waals surface area contributed by atoms with Gasteiger partial charge >= 0.3 is 6.18 Å². The third-order valence-electron chi connectivity index (χ3n) is 9.01. The lowest BCUT2D eigenvalue weighted by molar-refractivity contribution is -0.137. The normalized spacial score (nSPS) is 14.3. The first-order chi connectivity index (χ1) is 24.8. The average Bonchev–Trinajstić information content (AvgIpc) is 3.79. The number of ether oxygens (including phenoxy) is 2. The molecule has 0 radical (unpaired) electrons. The minimum absolute atomic E-state index is 0.0531. The first kappa shape index (κ1) is 34.3. The fraction of sp³-hybridized carbons (Fsp3) is 0.324. The van der Waals surface area contributed by atoms with Crippen molar-refractivity contribution in [2.75, 3.05) is 43.2 Å². The highest BCUT2D eigenvalue weighted by molar-refractivity contribution is 5.95. The number of anilines is 2. The zero-order chi connectivity index (χ0) is 36.9. The fourth-order valence-corrected chi connectivity index (χ4v) is 6.31. The van der Waals surface area contributed by atoms with Gasteiger partial charge in [0.25, 0.3) is 11.5 Å². The van der Waals surface area contributed by atoms with Crippen LogP contribution in [0.1, 0.15) is 39.9 Å². The summed E-state index contributed by atoms with van der Waals surface area (Å²) in [5.41, 5.74) is 0.471. The SMILES string of the molecule is CCc1c(N2CCN(C(=O)c3ncnc(C)c3O)CC2)c(=O)n2nc(-c3ccc4c(c3)OCO4)nc2n1CC(=O)Nc1ccc(C(F)(F)F)cc1C. The summed E-state index contributed by atoms with van der Waals surface area (Å²) >= 11 is 0. The quantitative estimate of drug-likeness (QED) is 0.252. The summed E-state index contributed by atoms with van der Waals surface area (Å²) in [4.78, 5) is 57.0. The van der Waals surface area contributed by atoms with Crippen LogP contribution in [0.25, 0.3) is 17.2 Å². The van der Waals surface area contributed by atoms with E-state index in [4.69, 9.17) is 9.47 Å². The lowest BCUT2D eigenvalue weighted by Gasteiger charge is -2.36. The molecule has 0 atom stereocenters. The number of alkyl halides is 3. The third kappa shape index (κ3) is 6.20. The molecule has 270 valence electrons. The van der Waals surface area contributed by atoms with E-state index in [1.54, 1.807) is 29.7 Å². The number of amides is 2. The molecular weight excluding hydrogens is 687 g/mol. The highest BCUT2D eigenvalue weighted by atomic mass is 19.4. The Bertz CT molecular complexity index is 2300. The highest BCUT2D eigenvalue weighted by Gasteiger charge is 2.32. The molecule has 2 amide bonds. The molecule has 2 aliphatic heterocycles. The number of halogens is 3.